The highest BCUT2D eigenvalue weighted by Gasteiger charge is 2.07. The van der Waals surface area contributed by atoms with E-state index in [0.29, 0.717) is 12.2 Å². The summed E-state index contributed by atoms with van der Waals surface area (Å²) in [7, 11) is 0. The summed E-state index contributed by atoms with van der Waals surface area (Å²) < 4.78 is 5.07. The average Bonchev–Trinajstić information content (AvgIpc) is 2.24. The van der Waals surface area contributed by atoms with Crippen LogP contribution in [-0.4, -0.2) is 12.6 Å². The molecule has 0 bridgehead atoms. The number of carbonyl (C=O) groups is 1. The Labute approximate surface area is 100 Å². The van der Waals surface area contributed by atoms with E-state index >= 15 is 0 Å². The largest absolute Gasteiger partial charge is 0.462 e. The molecule has 2 nitrogen and oxygen atoms in total. The highest BCUT2D eigenvalue weighted by Crippen LogP contribution is 2.19. The van der Waals surface area contributed by atoms with Crippen LogP contribution in [0.5, 0.6) is 0 Å². The van der Waals surface area contributed by atoms with Gasteiger partial charge in [0.2, 0.25) is 0 Å². The normalized spacial score (nSPS) is 10.5. The van der Waals surface area contributed by atoms with Crippen molar-refractivity contribution in [2.45, 2.75) is 59.3 Å². The molecule has 0 rings (SSSR count). The zero-order valence-corrected chi connectivity index (χ0v) is 11.1. The summed E-state index contributed by atoms with van der Waals surface area (Å²) in [5.74, 6) is 0.543. The summed E-state index contributed by atoms with van der Waals surface area (Å²) in [6, 6.07) is 0. The van der Waals surface area contributed by atoms with Crippen molar-refractivity contribution >= 4 is 5.97 Å². The Kier molecular flexibility index (Phi) is 8.97. The molecular formula is C14H26O2. The number of ether oxygens (including phenoxy) is 1. The Morgan fingerprint density at radius 1 is 1.19 bits per heavy atom. The SMILES string of the molecule is C=C(C)C(=O)OCCCC(CCC)CCC. The number of hydrogen-bond acceptors (Lipinski definition) is 2. The van der Waals surface area contributed by atoms with Gasteiger partial charge in [0.1, 0.15) is 0 Å². The molecule has 0 radical (unpaired) electrons. The maximum Gasteiger partial charge on any atom is 0.333 e. The second-order valence-electron chi connectivity index (χ2n) is 4.50. The Hall–Kier alpha value is -0.790. The molecule has 94 valence electrons. The molecule has 0 saturated carbocycles. The Morgan fingerprint density at radius 3 is 2.19 bits per heavy atom. The van der Waals surface area contributed by atoms with Gasteiger partial charge in [-0.2, -0.15) is 0 Å². The predicted molar refractivity (Wildman–Crippen MR) is 68.3 cm³/mol. The molecule has 0 amide bonds. The van der Waals surface area contributed by atoms with Crippen LogP contribution in [0.1, 0.15) is 59.3 Å². The van der Waals surface area contributed by atoms with Gasteiger partial charge in [-0.05, 0) is 25.7 Å². The molecule has 0 aromatic rings. The summed E-state index contributed by atoms with van der Waals surface area (Å²) in [5.41, 5.74) is 0.485. The van der Waals surface area contributed by atoms with Crippen molar-refractivity contribution in [3.63, 3.8) is 0 Å². The molecule has 0 fully saturated rings. The van der Waals surface area contributed by atoms with Crippen molar-refractivity contribution in [3.8, 4) is 0 Å². The van der Waals surface area contributed by atoms with Crippen molar-refractivity contribution < 1.29 is 9.53 Å². The van der Waals surface area contributed by atoms with Gasteiger partial charge >= 0.3 is 5.97 Å². The zero-order chi connectivity index (χ0) is 12.4. The van der Waals surface area contributed by atoms with Crippen molar-refractivity contribution in [1.29, 1.82) is 0 Å². The van der Waals surface area contributed by atoms with E-state index in [1.807, 2.05) is 0 Å². The summed E-state index contributed by atoms with van der Waals surface area (Å²) in [4.78, 5) is 11.1. The van der Waals surface area contributed by atoms with Crippen LogP contribution in [0.15, 0.2) is 12.2 Å². The molecule has 0 N–H and O–H groups in total. The number of rotatable bonds is 9. The summed E-state index contributed by atoms with van der Waals surface area (Å²) in [6.07, 6.45) is 7.23. The lowest BCUT2D eigenvalue weighted by Crippen LogP contribution is -2.08. The number of carbonyl (C=O) groups excluding carboxylic acids is 1. The minimum Gasteiger partial charge on any atom is -0.462 e. The van der Waals surface area contributed by atoms with E-state index in [0.717, 1.165) is 12.3 Å². The highest BCUT2D eigenvalue weighted by atomic mass is 16.5. The molecule has 16 heavy (non-hydrogen) atoms. The molecule has 2 heteroatoms. The van der Waals surface area contributed by atoms with Gasteiger partial charge in [-0.15, -0.1) is 0 Å². The van der Waals surface area contributed by atoms with Crippen LogP contribution in [0.3, 0.4) is 0 Å². The van der Waals surface area contributed by atoms with E-state index in [1.54, 1.807) is 6.92 Å². The van der Waals surface area contributed by atoms with Gasteiger partial charge in [-0.1, -0.05) is 46.1 Å². The number of esters is 1. The van der Waals surface area contributed by atoms with E-state index in [9.17, 15) is 4.79 Å². The van der Waals surface area contributed by atoms with Crippen LogP contribution in [0.4, 0.5) is 0 Å². The maximum absolute atomic E-state index is 11.1. The molecule has 0 aliphatic carbocycles. The van der Waals surface area contributed by atoms with Crippen LogP contribution < -0.4 is 0 Å². The highest BCUT2D eigenvalue weighted by molar-refractivity contribution is 5.86. The average molecular weight is 226 g/mol. The minimum absolute atomic E-state index is 0.262. The molecular weight excluding hydrogens is 200 g/mol. The quantitative estimate of drug-likeness (QED) is 0.336. The van der Waals surface area contributed by atoms with Crippen molar-refractivity contribution in [2.24, 2.45) is 5.92 Å². The predicted octanol–water partition coefficient (Wildman–Crippen LogP) is 4.10. The lowest BCUT2D eigenvalue weighted by Gasteiger charge is -2.14. The van der Waals surface area contributed by atoms with Crippen LogP contribution in [0.2, 0.25) is 0 Å². The van der Waals surface area contributed by atoms with Gasteiger partial charge in [-0.25, -0.2) is 4.79 Å². The summed E-state index contributed by atoms with van der Waals surface area (Å²) >= 11 is 0. The molecule has 0 aromatic carbocycles. The lowest BCUT2D eigenvalue weighted by atomic mass is 9.93. The fourth-order valence-electron chi connectivity index (χ4n) is 1.91. The van der Waals surface area contributed by atoms with Gasteiger partial charge in [0.05, 0.1) is 6.61 Å². The standard InChI is InChI=1S/C14H26O2/c1-5-8-13(9-6-2)10-7-11-16-14(15)12(3)4/h13H,3,5-11H2,1-2,4H3. The van der Waals surface area contributed by atoms with E-state index < -0.39 is 0 Å². The third-order valence-electron chi connectivity index (χ3n) is 2.73. The molecule has 0 aromatic heterocycles. The van der Waals surface area contributed by atoms with Crippen LogP contribution in [0.25, 0.3) is 0 Å². The second-order valence-corrected chi connectivity index (χ2v) is 4.50. The second kappa shape index (κ2) is 9.44. The minimum atomic E-state index is -0.262. The van der Waals surface area contributed by atoms with Gasteiger partial charge < -0.3 is 4.74 Å². The molecule has 0 aliphatic heterocycles. The van der Waals surface area contributed by atoms with Crippen LogP contribution >= 0.6 is 0 Å². The molecule has 0 unspecified atom stereocenters. The lowest BCUT2D eigenvalue weighted by molar-refractivity contribution is -0.139. The van der Waals surface area contributed by atoms with Crippen molar-refractivity contribution in [3.05, 3.63) is 12.2 Å². The summed E-state index contributed by atoms with van der Waals surface area (Å²) in [6.45, 7) is 10.2. The Balaban J connectivity index is 3.61. The van der Waals surface area contributed by atoms with Gasteiger partial charge in [0.15, 0.2) is 0 Å². The molecule has 0 heterocycles. The van der Waals surface area contributed by atoms with Crippen molar-refractivity contribution in [2.75, 3.05) is 6.61 Å². The topological polar surface area (TPSA) is 26.3 Å². The smallest absolute Gasteiger partial charge is 0.333 e. The first kappa shape index (κ1) is 15.2. The fourth-order valence-corrected chi connectivity index (χ4v) is 1.91. The molecule has 0 atom stereocenters. The summed E-state index contributed by atoms with van der Waals surface area (Å²) in [5, 5.41) is 0. The monoisotopic (exact) mass is 226 g/mol. The number of hydrogen-bond donors (Lipinski definition) is 0. The Morgan fingerprint density at radius 2 is 1.75 bits per heavy atom. The van der Waals surface area contributed by atoms with Crippen LogP contribution in [-0.2, 0) is 9.53 Å². The van der Waals surface area contributed by atoms with Gasteiger partial charge in [0, 0.05) is 5.57 Å². The Bertz CT molecular complexity index is 203. The third kappa shape index (κ3) is 7.49. The van der Waals surface area contributed by atoms with E-state index in [2.05, 4.69) is 20.4 Å². The van der Waals surface area contributed by atoms with Gasteiger partial charge in [-0.3, -0.25) is 0 Å². The van der Waals surface area contributed by atoms with Gasteiger partial charge in [0.25, 0.3) is 0 Å². The maximum atomic E-state index is 11.1. The first-order valence-corrected chi connectivity index (χ1v) is 6.44. The van der Waals surface area contributed by atoms with E-state index in [1.165, 1.54) is 32.1 Å². The third-order valence-corrected chi connectivity index (χ3v) is 2.73. The first-order chi connectivity index (χ1) is 7.61. The zero-order valence-electron chi connectivity index (χ0n) is 11.1. The fraction of sp³-hybridized carbons (Fsp3) is 0.786. The first-order valence-electron chi connectivity index (χ1n) is 6.44. The molecule has 0 aliphatic rings. The van der Waals surface area contributed by atoms with E-state index in [-0.39, 0.29) is 5.97 Å². The van der Waals surface area contributed by atoms with E-state index in [4.69, 9.17) is 4.74 Å². The molecule has 0 spiro atoms. The van der Waals surface area contributed by atoms with Crippen molar-refractivity contribution in [1.82, 2.24) is 0 Å². The molecule has 0 saturated heterocycles. The van der Waals surface area contributed by atoms with Crippen LogP contribution in [0, 0.1) is 5.92 Å².